The number of rotatable bonds is 4. The van der Waals surface area contributed by atoms with Gasteiger partial charge in [0, 0.05) is 5.02 Å². The smallest absolute Gasteiger partial charge is 0.313 e. The van der Waals surface area contributed by atoms with Crippen LogP contribution in [0.5, 0.6) is 0 Å². The van der Waals surface area contributed by atoms with Gasteiger partial charge in [0.15, 0.2) is 0 Å². The summed E-state index contributed by atoms with van der Waals surface area (Å²) in [6.07, 6.45) is 0.605. The maximum atomic E-state index is 11.9. The average molecular weight is 275 g/mol. The minimum Gasteiger partial charge on any atom is -0.469 e. The zero-order valence-electron chi connectivity index (χ0n) is 10.7. The normalized spacial score (nSPS) is 11.9. The van der Waals surface area contributed by atoms with Crippen LogP contribution in [0.15, 0.2) is 54.6 Å². The van der Waals surface area contributed by atoms with Gasteiger partial charge in [-0.25, -0.2) is 0 Å². The third-order valence-electron chi connectivity index (χ3n) is 3.04. The Morgan fingerprint density at radius 2 is 1.74 bits per heavy atom. The molecule has 0 spiro atoms. The molecule has 3 heteroatoms. The quantitative estimate of drug-likeness (QED) is 0.792. The van der Waals surface area contributed by atoms with Crippen LogP contribution >= 0.6 is 11.6 Å². The van der Waals surface area contributed by atoms with Crippen LogP contribution in [0.2, 0.25) is 5.02 Å². The van der Waals surface area contributed by atoms with Crippen molar-refractivity contribution in [3.05, 3.63) is 70.7 Å². The molecular formula is C16H15ClO2. The molecule has 0 aromatic heterocycles. The molecule has 0 heterocycles. The van der Waals surface area contributed by atoms with Crippen molar-refractivity contribution in [1.29, 1.82) is 0 Å². The summed E-state index contributed by atoms with van der Waals surface area (Å²) in [6, 6.07) is 17.2. The van der Waals surface area contributed by atoms with Crippen molar-refractivity contribution in [1.82, 2.24) is 0 Å². The summed E-state index contributed by atoms with van der Waals surface area (Å²) >= 11 is 5.86. The van der Waals surface area contributed by atoms with Crippen LogP contribution in [0.1, 0.15) is 17.0 Å². The number of halogens is 1. The van der Waals surface area contributed by atoms with Gasteiger partial charge in [-0.05, 0) is 29.7 Å². The molecule has 0 saturated heterocycles. The van der Waals surface area contributed by atoms with Crippen molar-refractivity contribution >= 4 is 17.6 Å². The Labute approximate surface area is 118 Å². The van der Waals surface area contributed by atoms with E-state index in [0.29, 0.717) is 11.4 Å². The number of esters is 1. The van der Waals surface area contributed by atoms with Crippen molar-refractivity contribution in [2.45, 2.75) is 12.3 Å². The second-order valence-corrected chi connectivity index (χ2v) is 4.75. The molecule has 2 nitrogen and oxygen atoms in total. The van der Waals surface area contributed by atoms with Crippen LogP contribution in [-0.2, 0) is 16.0 Å². The Bertz CT molecular complexity index is 534. The fourth-order valence-electron chi connectivity index (χ4n) is 2.02. The summed E-state index contributed by atoms with van der Waals surface area (Å²) in [5, 5.41) is 0.693. The highest BCUT2D eigenvalue weighted by Gasteiger charge is 2.21. The average Bonchev–Trinajstić information content (AvgIpc) is 2.47. The van der Waals surface area contributed by atoms with Crippen molar-refractivity contribution in [2.24, 2.45) is 0 Å². The van der Waals surface area contributed by atoms with E-state index in [9.17, 15) is 4.79 Å². The summed E-state index contributed by atoms with van der Waals surface area (Å²) in [4.78, 5) is 11.9. The fraction of sp³-hybridized carbons (Fsp3) is 0.188. The number of carbonyl (C=O) groups is 1. The fourth-order valence-corrected chi connectivity index (χ4v) is 2.15. The molecule has 0 aliphatic rings. The van der Waals surface area contributed by atoms with Gasteiger partial charge in [0.25, 0.3) is 0 Å². The lowest BCUT2D eigenvalue weighted by Gasteiger charge is -2.15. The predicted octanol–water partition coefficient (Wildman–Crippen LogP) is 3.84. The summed E-state index contributed by atoms with van der Waals surface area (Å²) in [5.74, 6) is -0.506. The predicted molar refractivity (Wildman–Crippen MR) is 76.4 cm³/mol. The van der Waals surface area contributed by atoms with E-state index in [0.717, 1.165) is 11.1 Å². The molecule has 0 unspecified atom stereocenters. The van der Waals surface area contributed by atoms with E-state index in [4.69, 9.17) is 16.3 Å². The SMILES string of the molecule is COC(=O)[C@@H](Cc1ccc(Cl)cc1)c1ccccc1. The number of ether oxygens (including phenoxy) is 1. The molecule has 2 aromatic rings. The van der Waals surface area contributed by atoms with Gasteiger partial charge in [0.2, 0.25) is 0 Å². The zero-order chi connectivity index (χ0) is 13.7. The molecule has 2 aromatic carbocycles. The summed E-state index contributed by atoms with van der Waals surface area (Å²) in [7, 11) is 1.42. The second-order valence-electron chi connectivity index (χ2n) is 4.32. The van der Waals surface area contributed by atoms with Gasteiger partial charge in [-0.2, -0.15) is 0 Å². The van der Waals surface area contributed by atoms with Gasteiger partial charge in [0.05, 0.1) is 13.0 Å². The number of methoxy groups -OCH3 is 1. The van der Waals surface area contributed by atoms with E-state index < -0.39 is 0 Å². The topological polar surface area (TPSA) is 26.3 Å². The Hall–Kier alpha value is -1.80. The van der Waals surface area contributed by atoms with Crippen molar-refractivity contribution in [3.63, 3.8) is 0 Å². The third kappa shape index (κ3) is 3.58. The molecule has 0 bridgehead atoms. The zero-order valence-corrected chi connectivity index (χ0v) is 11.4. The first kappa shape index (κ1) is 13.6. The molecule has 0 aliphatic heterocycles. The Morgan fingerprint density at radius 1 is 1.11 bits per heavy atom. The molecule has 98 valence electrons. The number of hydrogen-bond donors (Lipinski definition) is 0. The largest absolute Gasteiger partial charge is 0.469 e. The van der Waals surface area contributed by atoms with E-state index in [1.54, 1.807) is 0 Å². The summed E-state index contributed by atoms with van der Waals surface area (Å²) < 4.78 is 4.90. The van der Waals surface area contributed by atoms with Crippen molar-refractivity contribution in [2.75, 3.05) is 7.11 Å². The third-order valence-corrected chi connectivity index (χ3v) is 3.29. The molecular weight excluding hydrogens is 260 g/mol. The van der Waals surface area contributed by atoms with Crippen molar-refractivity contribution < 1.29 is 9.53 Å². The van der Waals surface area contributed by atoms with Gasteiger partial charge in [-0.3, -0.25) is 4.79 Å². The highest BCUT2D eigenvalue weighted by Crippen LogP contribution is 2.23. The number of hydrogen-bond acceptors (Lipinski definition) is 2. The molecule has 1 atom stereocenters. The Kier molecular flexibility index (Phi) is 4.58. The number of carbonyl (C=O) groups excluding carboxylic acids is 1. The highest BCUT2D eigenvalue weighted by molar-refractivity contribution is 6.30. The first-order chi connectivity index (χ1) is 9.20. The first-order valence-corrected chi connectivity index (χ1v) is 6.45. The van der Waals surface area contributed by atoms with Gasteiger partial charge >= 0.3 is 5.97 Å². The first-order valence-electron chi connectivity index (χ1n) is 6.08. The lowest BCUT2D eigenvalue weighted by Crippen LogP contribution is -2.16. The van der Waals surface area contributed by atoms with Gasteiger partial charge in [-0.1, -0.05) is 54.1 Å². The molecule has 2 rings (SSSR count). The van der Waals surface area contributed by atoms with Gasteiger partial charge < -0.3 is 4.74 Å². The van der Waals surface area contributed by atoms with Crippen LogP contribution < -0.4 is 0 Å². The highest BCUT2D eigenvalue weighted by atomic mass is 35.5. The minimum atomic E-state index is -0.285. The van der Waals surface area contributed by atoms with E-state index in [1.165, 1.54) is 7.11 Å². The molecule has 0 N–H and O–H groups in total. The molecule has 0 saturated carbocycles. The maximum absolute atomic E-state index is 11.9. The Morgan fingerprint density at radius 3 is 2.32 bits per heavy atom. The Balaban J connectivity index is 2.24. The van der Waals surface area contributed by atoms with Gasteiger partial charge in [-0.15, -0.1) is 0 Å². The van der Waals surface area contributed by atoms with Crippen LogP contribution in [0.25, 0.3) is 0 Å². The number of benzene rings is 2. The lowest BCUT2D eigenvalue weighted by atomic mass is 9.92. The van der Waals surface area contributed by atoms with E-state index in [2.05, 4.69) is 0 Å². The van der Waals surface area contributed by atoms with Crippen molar-refractivity contribution in [3.8, 4) is 0 Å². The van der Waals surface area contributed by atoms with Crippen LogP contribution in [0.4, 0.5) is 0 Å². The molecule has 0 amide bonds. The van der Waals surface area contributed by atoms with Crippen LogP contribution in [0.3, 0.4) is 0 Å². The van der Waals surface area contributed by atoms with Crippen LogP contribution in [-0.4, -0.2) is 13.1 Å². The molecule has 0 fully saturated rings. The van der Waals surface area contributed by atoms with E-state index >= 15 is 0 Å². The maximum Gasteiger partial charge on any atom is 0.313 e. The van der Waals surface area contributed by atoms with Crippen LogP contribution in [0, 0.1) is 0 Å². The molecule has 19 heavy (non-hydrogen) atoms. The van der Waals surface area contributed by atoms with Gasteiger partial charge in [0.1, 0.15) is 0 Å². The van der Waals surface area contributed by atoms with E-state index in [1.807, 2.05) is 54.6 Å². The standard InChI is InChI=1S/C16H15ClO2/c1-19-16(18)15(13-5-3-2-4-6-13)11-12-7-9-14(17)10-8-12/h2-10,15H,11H2,1H3/t15-/m0/s1. The minimum absolute atomic E-state index is 0.221. The molecule has 0 aliphatic carbocycles. The second kappa shape index (κ2) is 6.39. The monoisotopic (exact) mass is 274 g/mol. The lowest BCUT2D eigenvalue weighted by molar-refractivity contribution is -0.142. The molecule has 0 radical (unpaired) electrons. The summed E-state index contributed by atoms with van der Waals surface area (Å²) in [6.45, 7) is 0. The van der Waals surface area contributed by atoms with E-state index in [-0.39, 0.29) is 11.9 Å². The summed E-state index contributed by atoms with van der Waals surface area (Å²) in [5.41, 5.74) is 2.02.